The summed E-state index contributed by atoms with van der Waals surface area (Å²) in [6, 6.07) is 0. The smallest absolute Gasteiger partial charge is 0.113 e. The Bertz CT molecular complexity index is 406. The van der Waals surface area contributed by atoms with E-state index in [1.165, 1.54) is 49.6 Å². The van der Waals surface area contributed by atoms with Gasteiger partial charge in [0.2, 0.25) is 0 Å². The maximum absolute atomic E-state index is 4.95. The SMILES string of the molecule is CCCNC1(c2nc(C(C)C)cs2)CCN(CC)CC1. The van der Waals surface area contributed by atoms with Gasteiger partial charge in [-0.05, 0) is 38.3 Å². The van der Waals surface area contributed by atoms with Gasteiger partial charge < -0.3 is 10.2 Å². The fourth-order valence-electron chi connectivity index (χ4n) is 2.85. The average Bonchev–Trinajstić information content (AvgIpc) is 2.96. The molecule has 20 heavy (non-hydrogen) atoms. The highest BCUT2D eigenvalue weighted by molar-refractivity contribution is 7.09. The topological polar surface area (TPSA) is 28.2 Å². The zero-order valence-electron chi connectivity index (χ0n) is 13.4. The normalized spacial score (nSPS) is 19.6. The summed E-state index contributed by atoms with van der Waals surface area (Å²) in [7, 11) is 0. The van der Waals surface area contributed by atoms with Crippen molar-refractivity contribution in [1.82, 2.24) is 15.2 Å². The lowest BCUT2D eigenvalue weighted by molar-refractivity contribution is 0.139. The van der Waals surface area contributed by atoms with Crippen LogP contribution in [0.4, 0.5) is 0 Å². The molecule has 0 saturated carbocycles. The Morgan fingerprint density at radius 2 is 2.05 bits per heavy atom. The van der Waals surface area contributed by atoms with E-state index < -0.39 is 0 Å². The van der Waals surface area contributed by atoms with Crippen LogP contribution in [-0.4, -0.2) is 36.1 Å². The van der Waals surface area contributed by atoms with Crippen LogP contribution in [0.1, 0.15) is 63.6 Å². The molecule has 114 valence electrons. The fraction of sp³-hybridized carbons (Fsp3) is 0.812. The van der Waals surface area contributed by atoms with Crippen molar-refractivity contribution in [3.05, 3.63) is 16.1 Å². The molecule has 1 aromatic heterocycles. The lowest BCUT2D eigenvalue weighted by Gasteiger charge is -2.41. The molecule has 1 fully saturated rings. The summed E-state index contributed by atoms with van der Waals surface area (Å²) < 4.78 is 0. The number of hydrogen-bond acceptors (Lipinski definition) is 4. The van der Waals surface area contributed by atoms with Gasteiger partial charge in [0.15, 0.2) is 0 Å². The Morgan fingerprint density at radius 3 is 2.55 bits per heavy atom. The third-order valence-corrected chi connectivity index (χ3v) is 5.46. The zero-order chi connectivity index (χ0) is 14.6. The van der Waals surface area contributed by atoms with Crippen LogP contribution >= 0.6 is 11.3 Å². The Kier molecular flexibility index (Phi) is 5.58. The van der Waals surface area contributed by atoms with Crippen LogP contribution < -0.4 is 5.32 Å². The van der Waals surface area contributed by atoms with E-state index in [9.17, 15) is 0 Å². The molecule has 1 aliphatic rings. The van der Waals surface area contributed by atoms with Gasteiger partial charge in [-0.2, -0.15) is 0 Å². The largest absolute Gasteiger partial charge is 0.305 e. The van der Waals surface area contributed by atoms with Gasteiger partial charge in [-0.1, -0.05) is 27.7 Å². The molecule has 0 bridgehead atoms. The molecule has 0 spiro atoms. The number of rotatable bonds is 6. The first kappa shape index (κ1) is 15.9. The molecule has 4 heteroatoms. The average molecular weight is 295 g/mol. The van der Waals surface area contributed by atoms with E-state index in [2.05, 4.69) is 43.3 Å². The highest BCUT2D eigenvalue weighted by Crippen LogP contribution is 2.35. The summed E-state index contributed by atoms with van der Waals surface area (Å²) >= 11 is 1.85. The molecular formula is C16H29N3S. The highest BCUT2D eigenvalue weighted by atomic mass is 32.1. The zero-order valence-corrected chi connectivity index (χ0v) is 14.2. The van der Waals surface area contributed by atoms with E-state index in [1.54, 1.807) is 0 Å². The standard InChI is InChI=1S/C16H29N3S/c1-5-9-17-16(7-10-19(6-2)11-8-16)15-18-14(12-20-15)13(3)4/h12-13,17H,5-11H2,1-4H3. The van der Waals surface area contributed by atoms with Crippen LogP contribution in [0.2, 0.25) is 0 Å². The summed E-state index contributed by atoms with van der Waals surface area (Å²) in [6.45, 7) is 13.6. The highest BCUT2D eigenvalue weighted by Gasteiger charge is 2.37. The maximum atomic E-state index is 4.95. The van der Waals surface area contributed by atoms with Crippen LogP contribution in [0, 0.1) is 0 Å². The quantitative estimate of drug-likeness (QED) is 0.869. The number of nitrogens with zero attached hydrogens (tertiary/aromatic N) is 2. The van der Waals surface area contributed by atoms with E-state index in [0.717, 1.165) is 6.54 Å². The van der Waals surface area contributed by atoms with Gasteiger partial charge in [0, 0.05) is 18.5 Å². The van der Waals surface area contributed by atoms with Gasteiger partial charge >= 0.3 is 0 Å². The molecule has 0 aromatic carbocycles. The van der Waals surface area contributed by atoms with Crippen molar-refractivity contribution >= 4 is 11.3 Å². The van der Waals surface area contributed by atoms with Crippen LogP contribution in [0.3, 0.4) is 0 Å². The molecule has 0 unspecified atom stereocenters. The van der Waals surface area contributed by atoms with E-state index in [1.807, 2.05) is 11.3 Å². The van der Waals surface area contributed by atoms with Crippen molar-refractivity contribution in [2.75, 3.05) is 26.2 Å². The van der Waals surface area contributed by atoms with Gasteiger partial charge in [0.05, 0.1) is 11.2 Å². The lowest BCUT2D eigenvalue weighted by atomic mass is 9.87. The Labute approximate surface area is 127 Å². The Balaban J connectivity index is 2.18. The van der Waals surface area contributed by atoms with Crippen LogP contribution in [0.15, 0.2) is 5.38 Å². The van der Waals surface area contributed by atoms with E-state index >= 15 is 0 Å². The van der Waals surface area contributed by atoms with Gasteiger partial charge in [-0.3, -0.25) is 0 Å². The molecular weight excluding hydrogens is 266 g/mol. The summed E-state index contributed by atoms with van der Waals surface area (Å²) in [4.78, 5) is 7.49. The molecule has 0 aliphatic carbocycles. The maximum Gasteiger partial charge on any atom is 0.113 e. The molecule has 1 aliphatic heterocycles. The summed E-state index contributed by atoms with van der Waals surface area (Å²) in [5, 5.41) is 7.38. The summed E-state index contributed by atoms with van der Waals surface area (Å²) in [5.74, 6) is 0.527. The first-order valence-electron chi connectivity index (χ1n) is 8.04. The van der Waals surface area contributed by atoms with Gasteiger partial charge in [0.25, 0.3) is 0 Å². The van der Waals surface area contributed by atoms with Gasteiger partial charge in [-0.25, -0.2) is 4.98 Å². The van der Waals surface area contributed by atoms with E-state index in [4.69, 9.17) is 4.98 Å². The summed E-state index contributed by atoms with van der Waals surface area (Å²) in [6.07, 6.45) is 3.55. The molecule has 0 radical (unpaired) electrons. The molecule has 3 nitrogen and oxygen atoms in total. The first-order valence-corrected chi connectivity index (χ1v) is 8.92. The lowest BCUT2D eigenvalue weighted by Crippen LogP contribution is -2.51. The van der Waals surface area contributed by atoms with Crippen LogP contribution in [-0.2, 0) is 5.54 Å². The number of aromatic nitrogens is 1. The second-order valence-electron chi connectivity index (χ2n) is 6.18. The van der Waals surface area contributed by atoms with Crippen molar-refractivity contribution in [3.8, 4) is 0 Å². The molecule has 0 atom stereocenters. The van der Waals surface area contributed by atoms with Crippen molar-refractivity contribution in [1.29, 1.82) is 0 Å². The van der Waals surface area contributed by atoms with Gasteiger partial charge in [-0.15, -0.1) is 11.3 Å². The third-order valence-electron chi connectivity index (χ3n) is 4.39. The molecule has 1 aromatic rings. The monoisotopic (exact) mass is 295 g/mol. The van der Waals surface area contributed by atoms with Crippen molar-refractivity contribution in [2.24, 2.45) is 0 Å². The first-order chi connectivity index (χ1) is 9.61. The fourth-order valence-corrected chi connectivity index (χ4v) is 4.07. The van der Waals surface area contributed by atoms with E-state index in [0.29, 0.717) is 5.92 Å². The van der Waals surface area contributed by atoms with Crippen molar-refractivity contribution in [3.63, 3.8) is 0 Å². The van der Waals surface area contributed by atoms with Crippen LogP contribution in [0.5, 0.6) is 0 Å². The number of piperidine rings is 1. The molecule has 2 rings (SSSR count). The van der Waals surface area contributed by atoms with Crippen molar-refractivity contribution in [2.45, 2.75) is 58.4 Å². The Morgan fingerprint density at radius 1 is 1.35 bits per heavy atom. The number of hydrogen-bond donors (Lipinski definition) is 1. The minimum atomic E-state index is 0.124. The number of thiazole rings is 1. The predicted molar refractivity (Wildman–Crippen MR) is 87.5 cm³/mol. The van der Waals surface area contributed by atoms with E-state index in [-0.39, 0.29) is 5.54 Å². The molecule has 1 N–H and O–H groups in total. The minimum absolute atomic E-state index is 0.124. The summed E-state index contributed by atoms with van der Waals surface area (Å²) in [5.41, 5.74) is 1.38. The molecule has 1 saturated heterocycles. The second-order valence-corrected chi connectivity index (χ2v) is 7.03. The van der Waals surface area contributed by atoms with Gasteiger partial charge in [0.1, 0.15) is 5.01 Å². The molecule has 2 heterocycles. The number of nitrogens with one attached hydrogen (secondary N) is 1. The third kappa shape index (κ3) is 3.41. The predicted octanol–water partition coefficient (Wildman–Crippen LogP) is 3.58. The molecule has 0 amide bonds. The van der Waals surface area contributed by atoms with Crippen molar-refractivity contribution < 1.29 is 0 Å². The minimum Gasteiger partial charge on any atom is -0.305 e. The Hall–Kier alpha value is -0.450. The van der Waals surface area contributed by atoms with Crippen LogP contribution in [0.25, 0.3) is 0 Å². The second kappa shape index (κ2) is 7.01. The number of likely N-dealkylation sites (tertiary alicyclic amines) is 1.